The number of aryl methyl sites for hydroxylation is 2. The Balaban J connectivity index is 1.69. The summed E-state index contributed by atoms with van der Waals surface area (Å²) in [5.74, 6) is 7.44. The monoisotopic (exact) mass is 258 g/mol. The molecule has 1 saturated carbocycles. The van der Waals surface area contributed by atoms with Crippen molar-refractivity contribution in [2.75, 3.05) is 0 Å². The van der Waals surface area contributed by atoms with Crippen LogP contribution in [0.25, 0.3) is 0 Å². The van der Waals surface area contributed by atoms with Crippen molar-refractivity contribution < 1.29 is 0 Å². The quantitative estimate of drug-likeness (QED) is 0.643. The van der Waals surface area contributed by atoms with E-state index in [2.05, 4.69) is 30.5 Å². The first-order valence-corrected chi connectivity index (χ1v) is 7.83. The highest BCUT2D eigenvalue weighted by atomic mass is 15.2. The van der Waals surface area contributed by atoms with Crippen molar-refractivity contribution in [3.8, 4) is 0 Å². The van der Waals surface area contributed by atoms with E-state index >= 15 is 0 Å². The minimum Gasteiger partial charge on any atom is -0.271 e. The zero-order valence-corrected chi connectivity index (χ0v) is 12.0. The van der Waals surface area contributed by atoms with Gasteiger partial charge in [-0.1, -0.05) is 31.5 Å². The molecule has 3 N–H and O–H groups in total. The van der Waals surface area contributed by atoms with Gasteiger partial charge in [-0.15, -0.1) is 0 Å². The first-order chi connectivity index (χ1) is 9.26. The van der Waals surface area contributed by atoms with Crippen LogP contribution in [0.15, 0.2) is 18.2 Å². The lowest BCUT2D eigenvalue weighted by molar-refractivity contribution is 0.353. The second-order valence-corrected chi connectivity index (χ2v) is 6.61. The van der Waals surface area contributed by atoms with Gasteiger partial charge in [0.1, 0.15) is 0 Å². The highest BCUT2D eigenvalue weighted by Gasteiger charge is 2.28. The molecule has 2 heteroatoms. The fourth-order valence-electron chi connectivity index (χ4n) is 3.98. The van der Waals surface area contributed by atoms with Crippen LogP contribution in [0.1, 0.15) is 49.3 Å². The molecule has 2 nitrogen and oxygen atoms in total. The average Bonchev–Trinajstić information content (AvgIpc) is 3.04. The molecule has 3 atom stereocenters. The van der Waals surface area contributed by atoms with E-state index < -0.39 is 0 Å². The summed E-state index contributed by atoms with van der Waals surface area (Å²) in [7, 11) is 0. The molecule has 0 aliphatic heterocycles. The molecule has 0 amide bonds. The van der Waals surface area contributed by atoms with E-state index in [9.17, 15) is 0 Å². The van der Waals surface area contributed by atoms with E-state index in [1.54, 1.807) is 11.1 Å². The van der Waals surface area contributed by atoms with Crippen molar-refractivity contribution >= 4 is 0 Å². The summed E-state index contributed by atoms with van der Waals surface area (Å²) in [5.41, 5.74) is 7.68. The second kappa shape index (κ2) is 5.64. The molecule has 0 spiro atoms. The standard InChI is InChI=1S/C17H26N2/c1-12-5-7-16(9-12)17(19-18)11-13-6-8-14-3-2-4-15(14)10-13/h6,8,10,12,16-17,19H,2-5,7,9,11,18H2,1H3. The molecule has 1 aromatic rings. The maximum atomic E-state index is 5.81. The molecule has 2 aliphatic carbocycles. The molecule has 2 aliphatic rings. The van der Waals surface area contributed by atoms with E-state index in [0.717, 1.165) is 18.3 Å². The van der Waals surface area contributed by atoms with Crippen LogP contribution in [-0.4, -0.2) is 6.04 Å². The normalized spacial score (nSPS) is 27.5. The largest absolute Gasteiger partial charge is 0.271 e. The Morgan fingerprint density at radius 3 is 2.84 bits per heavy atom. The van der Waals surface area contributed by atoms with Crippen LogP contribution in [0.4, 0.5) is 0 Å². The van der Waals surface area contributed by atoms with E-state index in [1.807, 2.05) is 0 Å². The highest BCUT2D eigenvalue weighted by Crippen LogP contribution is 2.34. The lowest BCUT2D eigenvalue weighted by Gasteiger charge is -2.23. The Labute approximate surface area is 116 Å². The lowest BCUT2D eigenvalue weighted by Crippen LogP contribution is -2.41. The third kappa shape index (κ3) is 2.85. The van der Waals surface area contributed by atoms with Crippen molar-refractivity contribution in [2.24, 2.45) is 17.7 Å². The summed E-state index contributed by atoms with van der Waals surface area (Å²) < 4.78 is 0. The van der Waals surface area contributed by atoms with Gasteiger partial charge in [0.15, 0.2) is 0 Å². The summed E-state index contributed by atoms with van der Waals surface area (Å²) in [6.45, 7) is 2.36. The minimum absolute atomic E-state index is 0.449. The highest BCUT2D eigenvalue weighted by molar-refractivity contribution is 5.35. The van der Waals surface area contributed by atoms with Gasteiger partial charge in [0, 0.05) is 6.04 Å². The molecule has 0 heterocycles. The fraction of sp³-hybridized carbons (Fsp3) is 0.647. The van der Waals surface area contributed by atoms with Gasteiger partial charge in [-0.2, -0.15) is 0 Å². The molecule has 0 radical (unpaired) electrons. The molecule has 104 valence electrons. The van der Waals surface area contributed by atoms with Crippen molar-refractivity contribution in [3.63, 3.8) is 0 Å². The van der Waals surface area contributed by atoms with Gasteiger partial charge in [0.2, 0.25) is 0 Å². The summed E-state index contributed by atoms with van der Waals surface area (Å²) in [6, 6.07) is 7.52. The Bertz CT molecular complexity index is 441. The molecule has 0 aromatic heterocycles. The van der Waals surface area contributed by atoms with Crippen LogP contribution in [0, 0.1) is 11.8 Å². The Kier molecular flexibility index (Phi) is 3.90. The van der Waals surface area contributed by atoms with Crippen LogP contribution >= 0.6 is 0 Å². The van der Waals surface area contributed by atoms with Crippen LogP contribution < -0.4 is 11.3 Å². The first-order valence-electron chi connectivity index (χ1n) is 7.83. The number of rotatable bonds is 4. The third-order valence-corrected chi connectivity index (χ3v) is 5.14. The summed E-state index contributed by atoms with van der Waals surface area (Å²) in [4.78, 5) is 0. The van der Waals surface area contributed by atoms with E-state index in [-0.39, 0.29) is 0 Å². The van der Waals surface area contributed by atoms with E-state index in [4.69, 9.17) is 5.84 Å². The van der Waals surface area contributed by atoms with Gasteiger partial charge >= 0.3 is 0 Å². The van der Waals surface area contributed by atoms with Crippen LogP contribution in [0.2, 0.25) is 0 Å². The SMILES string of the molecule is CC1CCC(C(Cc2ccc3c(c2)CCC3)NN)C1. The zero-order chi connectivity index (χ0) is 13.2. The molecule has 19 heavy (non-hydrogen) atoms. The van der Waals surface area contributed by atoms with Gasteiger partial charge < -0.3 is 0 Å². The minimum atomic E-state index is 0.449. The molecule has 1 aromatic carbocycles. The molecule has 0 bridgehead atoms. The van der Waals surface area contributed by atoms with Gasteiger partial charge in [0.05, 0.1) is 0 Å². The predicted octanol–water partition coefficient (Wildman–Crippen LogP) is 2.99. The van der Waals surface area contributed by atoms with Gasteiger partial charge in [-0.25, -0.2) is 0 Å². The molecule has 3 unspecified atom stereocenters. The van der Waals surface area contributed by atoms with Gasteiger partial charge in [-0.05, 0) is 67.1 Å². The number of hydrogen-bond acceptors (Lipinski definition) is 2. The van der Waals surface area contributed by atoms with Crippen molar-refractivity contribution in [3.05, 3.63) is 34.9 Å². The Hall–Kier alpha value is -0.860. The number of fused-ring (bicyclic) bond motifs is 1. The lowest BCUT2D eigenvalue weighted by atomic mass is 9.91. The first kappa shape index (κ1) is 13.1. The number of hydrazine groups is 1. The van der Waals surface area contributed by atoms with E-state index in [0.29, 0.717) is 6.04 Å². The van der Waals surface area contributed by atoms with Crippen molar-refractivity contribution in [2.45, 2.75) is 57.9 Å². The average molecular weight is 258 g/mol. The summed E-state index contributed by atoms with van der Waals surface area (Å²) in [6.07, 6.45) is 8.99. The molecule has 1 fully saturated rings. The molecular weight excluding hydrogens is 232 g/mol. The number of nitrogens with two attached hydrogens (primary N) is 1. The number of nitrogens with one attached hydrogen (secondary N) is 1. The number of hydrogen-bond donors (Lipinski definition) is 2. The molecule has 0 saturated heterocycles. The Morgan fingerprint density at radius 2 is 2.11 bits per heavy atom. The second-order valence-electron chi connectivity index (χ2n) is 6.61. The summed E-state index contributed by atoms with van der Waals surface area (Å²) >= 11 is 0. The van der Waals surface area contributed by atoms with E-state index in [1.165, 1.54) is 44.1 Å². The smallest absolute Gasteiger partial charge is 0.0279 e. The number of benzene rings is 1. The van der Waals surface area contributed by atoms with Crippen LogP contribution in [-0.2, 0) is 19.3 Å². The van der Waals surface area contributed by atoms with Crippen molar-refractivity contribution in [1.82, 2.24) is 5.43 Å². The predicted molar refractivity (Wildman–Crippen MR) is 79.8 cm³/mol. The maximum absolute atomic E-state index is 5.81. The van der Waals surface area contributed by atoms with Crippen LogP contribution in [0.5, 0.6) is 0 Å². The molecular formula is C17H26N2. The topological polar surface area (TPSA) is 38.0 Å². The third-order valence-electron chi connectivity index (χ3n) is 5.14. The fourth-order valence-corrected chi connectivity index (χ4v) is 3.98. The van der Waals surface area contributed by atoms with Gasteiger partial charge in [0.25, 0.3) is 0 Å². The molecule has 3 rings (SSSR count). The van der Waals surface area contributed by atoms with Crippen molar-refractivity contribution in [1.29, 1.82) is 0 Å². The Morgan fingerprint density at radius 1 is 1.26 bits per heavy atom. The van der Waals surface area contributed by atoms with Gasteiger partial charge in [-0.3, -0.25) is 11.3 Å². The summed E-state index contributed by atoms with van der Waals surface area (Å²) in [5, 5.41) is 0. The zero-order valence-electron chi connectivity index (χ0n) is 12.0. The maximum Gasteiger partial charge on any atom is 0.0279 e. The van der Waals surface area contributed by atoms with Crippen LogP contribution in [0.3, 0.4) is 0 Å².